The number of halogens is 1. The Morgan fingerprint density at radius 2 is 2.18 bits per heavy atom. The van der Waals surface area contributed by atoms with Crippen molar-refractivity contribution in [2.24, 2.45) is 5.73 Å². The number of hydrogen-bond acceptors (Lipinski definition) is 4. The standard InChI is InChI=1S/C15H24N2O3S.ClH/c1-3-4-5-13(10-16)17-21(18,19)14-6-7-15-12(9-14)8-11(2)20-15;/h6-7,9,11,13,17H,3-5,8,10,16H2,1-2H3;1H. The van der Waals surface area contributed by atoms with Crippen LogP contribution < -0.4 is 15.2 Å². The fraction of sp³-hybridized carbons (Fsp3) is 0.600. The van der Waals surface area contributed by atoms with Crippen LogP contribution in [-0.2, 0) is 16.4 Å². The van der Waals surface area contributed by atoms with Crippen LogP contribution in [0.2, 0.25) is 0 Å². The summed E-state index contributed by atoms with van der Waals surface area (Å²) in [6.45, 7) is 4.36. The molecule has 1 aromatic rings. The summed E-state index contributed by atoms with van der Waals surface area (Å²) in [6.07, 6.45) is 3.59. The summed E-state index contributed by atoms with van der Waals surface area (Å²) in [4.78, 5) is 0.286. The first-order valence-electron chi connectivity index (χ1n) is 7.48. The molecule has 0 saturated heterocycles. The van der Waals surface area contributed by atoms with Crippen molar-refractivity contribution in [1.29, 1.82) is 0 Å². The van der Waals surface area contributed by atoms with E-state index >= 15 is 0 Å². The molecule has 1 aromatic carbocycles. The molecule has 0 radical (unpaired) electrons. The summed E-state index contributed by atoms with van der Waals surface area (Å²) in [6, 6.07) is 4.82. The number of benzene rings is 1. The molecule has 0 aliphatic carbocycles. The number of nitrogens with one attached hydrogen (secondary N) is 1. The minimum Gasteiger partial charge on any atom is -0.490 e. The van der Waals surface area contributed by atoms with E-state index in [2.05, 4.69) is 11.6 Å². The molecule has 22 heavy (non-hydrogen) atoms. The maximum absolute atomic E-state index is 12.4. The Labute approximate surface area is 139 Å². The van der Waals surface area contributed by atoms with Gasteiger partial charge in [0.2, 0.25) is 10.0 Å². The van der Waals surface area contributed by atoms with Gasteiger partial charge in [-0.15, -0.1) is 12.4 Å². The van der Waals surface area contributed by atoms with Gasteiger partial charge in [0, 0.05) is 19.0 Å². The zero-order valence-corrected chi connectivity index (χ0v) is 14.7. The van der Waals surface area contributed by atoms with Crippen molar-refractivity contribution in [3.05, 3.63) is 23.8 Å². The average molecular weight is 349 g/mol. The third kappa shape index (κ3) is 4.59. The highest BCUT2D eigenvalue weighted by molar-refractivity contribution is 7.89. The molecule has 0 fully saturated rings. The highest BCUT2D eigenvalue weighted by Crippen LogP contribution is 2.30. The smallest absolute Gasteiger partial charge is 0.240 e. The van der Waals surface area contributed by atoms with E-state index in [-0.39, 0.29) is 29.4 Å². The fourth-order valence-electron chi connectivity index (χ4n) is 2.53. The molecule has 1 heterocycles. The topological polar surface area (TPSA) is 81.4 Å². The van der Waals surface area contributed by atoms with Gasteiger partial charge in [0.25, 0.3) is 0 Å². The second-order valence-electron chi connectivity index (χ2n) is 5.60. The second kappa shape index (κ2) is 8.15. The first kappa shape index (κ1) is 19.2. The molecule has 0 aromatic heterocycles. The number of fused-ring (bicyclic) bond motifs is 1. The Hall–Kier alpha value is -0.820. The molecular formula is C15H25ClN2O3S. The van der Waals surface area contributed by atoms with E-state index in [0.29, 0.717) is 6.54 Å². The number of hydrogen-bond donors (Lipinski definition) is 2. The number of ether oxygens (including phenoxy) is 1. The van der Waals surface area contributed by atoms with Gasteiger partial charge in [-0.1, -0.05) is 19.8 Å². The van der Waals surface area contributed by atoms with Crippen LogP contribution in [0.5, 0.6) is 5.75 Å². The van der Waals surface area contributed by atoms with Gasteiger partial charge in [-0.25, -0.2) is 13.1 Å². The van der Waals surface area contributed by atoms with Crippen LogP contribution in [0.3, 0.4) is 0 Å². The number of unbranched alkanes of at least 4 members (excludes halogenated alkanes) is 1. The zero-order valence-electron chi connectivity index (χ0n) is 13.0. The molecule has 2 atom stereocenters. The van der Waals surface area contributed by atoms with Crippen molar-refractivity contribution in [1.82, 2.24) is 4.72 Å². The van der Waals surface area contributed by atoms with Gasteiger partial charge < -0.3 is 10.5 Å². The molecular weight excluding hydrogens is 324 g/mol. The normalized spacial score (nSPS) is 18.2. The molecule has 2 unspecified atom stereocenters. The molecule has 0 saturated carbocycles. The Bertz CT molecular complexity index is 592. The van der Waals surface area contributed by atoms with Crippen molar-refractivity contribution < 1.29 is 13.2 Å². The van der Waals surface area contributed by atoms with Gasteiger partial charge in [-0.3, -0.25) is 0 Å². The first-order chi connectivity index (χ1) is 9.96. The highest BCUT2D eigenvalue weighted by Gasteiger charge is 2.24. The van der Waals surface area contributed by atoms with Crippen molar-refractivity contribution in [2.45, 2.75) is 56.6 Å². The van der Waals surface area contributed by atoms with Crippen LogP contribution in [0.25, 0.3) is 0 Å². The maximum atomic E-state index is 12.4. The third-order valence-electron chi connectivity index (χ3n) is 3.69. The summed E-state index contributed by atoms with van der Waals surface area (Å²) >= 11 is 0. The molecule has 1 aliphatic rings. The third-order valence-corrected chi connectivity index (χ3v) is 5.21. The summed E-state index contributed by atoms with van der Waals surface area (Å²) < 4.78 is 33.2. The maximum Gasteiger partial charge on any atom is 0.240 e. The second-order valence-corrected chi connectivity index (χ2v) is 7.31. The first-order valence-corrected chi connectivity index (χ1v) is 8.96. The summed E-state index contributed by atoms with van der Waals surface area (Å²) in [5, 5.41) is 0. The highest BCUT2D eigenvalue weighted by atomic mass is 35.5. The van der Waals surface area contributed by atoms with Crippen LogP contribution in [0, 0.1) is 0 Å². The van der Waals surface area contributed by atoms with E-state index in [0.717, 1.165) is 37.0 Å². The molecule has 1 aliphatic heterocycles. The number of sulfonamides is 1. The molecule has 7 heteroatoms. The van der Waals surface area contributed by atoms with E-state index in [1.165, 1.54) is 0 Å². The van der Waals surface area contributed by atoms with Gasteiger partial charge in [0.05, 0.1) is 4.90 Å². The lowest BCUT2D eigenvalue weighted by atomic mass is 10.1. The summed E-state index contributed by atoms with van der Waals surface area (Å²) in [5.41, 5.74) is 6.61. The molecule has 0 amide bonds. The molecule has 0 bridgehead atoms. The van der Waals surface area contributed by atoms with Crippen LogP contribution in [-0.4, -0.2) is 27.1 Å². The average Bonchev–Trinajstić information content (AvgIpc) is 2.82. The quantitative estimate of drug-likeness (QED) is 0.791. The van der Waals surface area contributed by atoms with Crippen LogP contribution in [0.15, 0.2) is 23.1 Å². The molecule has 3 N–H and O–H groups in total. The minimum absolute atomic E-state index is 0. The Kier molecular flexibility index (Phi) is 7.12. The van der Waals surface area contributed by atoms with E-state index in [9.17, 15) is 8.42 Å². The van der Waals surface area contributed by atoms with Crippen molar-refractivity contribution in [3.8, 4) is 5.75 Å². The van der Waals surface area contributed by atoms with Crippen molar-refractivity contribution in [3.63, 3.8) is 0 Å². The number of rotatable bonds is 7. The van der Waals surface area contributed by atoms with Crippen molar-refractivity contribution >= 4 is 22.4 Å². The van der Waals surface area contributed by atoms with Gasteiger partial charge in [-0.2, -0.15) is 0 Å². The van der Waals surface area contributed by atoms with E-state index in [1.807, 2.05) is 6.92 Å². The van der Waals surface area contributed by atoms with E-state index in [1.54, 1.807) is 18.2 Å². The van der Waals surface area contributed by atoms with Crippen molar-refractivity contribution in [2.75, 3.05) is 6.54 Å². The Balaban J connectivity index is 0.00000242. The van der Waals surface area contributed by atoms with Gasteiger partial charge in [0.15, 0.2) is 0 Å². The Morgan fingerprint density at radius 3 is 2.82 bits per heavy atom. The van der Waals surface area contributed by atoms with E-state index in [4.69, 9.17) is 10.5 Å². The Morgan fingerprint density at radius 1 is 1.45 bits per heavy atom. The fourth-order valence-corrected chi connectivity index (χ4v) is 3.86. The summed E-state index contributed by atoms with van der Waals surface area (Å²) in [7, 11) is -3.53. The summed E-state index contributed by atoms with van der Waals surface area (Å²) in [5.74, 6) is 0.780. The van der Waals surface area contributed by atoms with Gasteiger partial charge >= 0.3 is 0 Å². The molecule has 5 nitrogen and oxygen atoms in total. The lowest BCUT2D eigenvalue weighted by Gasteiger charge is -2.17. The molecule has 126 valence electrons. The van der Waals surface area contributed by atoms with Gasteiger partial charge in [0.1, 0.15) is 11.9 Å². The van der Waals surface area contributed by atoms with Crippen LogP contribution >= 0.6 is 12.4 Å². The van der Waals surface area contributed by atoms with Gasteiger partial charge in [-0.05, 0) is 37.1 Å². The largest absolute Gasteiger partial charge is 0.490 e. The molecule has 0 spiro atoms. The predicted octanol–water partition coefficient (Wildman–Crippen LogP) is 2.23. The van der Waals surface area contributed by atoms with Crippen LogP contribution in [0.4, 0.5) is 0 Å². The lowest BCUT2D eigenvalue weighted by Crippen LogP contribution is -2.40. The number of nitrogens with two attached hydrogens (primary N) is 1. The lowest BCUT2D eigenvalue weighted by molar-refractivity contribution is 0.254. The monoisotopic (exact) mass is 348 g/mol. The minimum atomic E-state index is -3.53. The SMILES string of the molecule is CCCCC(CN)NS(=O)(=O)c1ccc2c(c1)CC(C)O2.Cl. The zero-order chi connectivity index (χ0) is 15.5. The predicted molar refractivity (Wildman–Crippen MR) is 90.2 cm³/mol. The van der Waals surface area contributed by atoms with E-state index < -0.39 is 10.0 Å². The molecule has 2 rings (SSSR count). The van der Waals surface area contributed by atoms with Crippen LogP contribution in [0.1, 0.15) is 38.7 Å².